The van der Waals surface area contributed by atoms with Gasteiger partial charge >= 0.3 is 0 Å². The van der Waals surface area contributed by atoms with Gasteiger partial charge in [0.25, 0.3) is 5.09 Å². The number of hydrogen-bond acceptors (Lipinski definition) is 9. The Hall–Kier alpha value is -3.29. The molecule has 5 N–H and O–H groups in total. The van der Waals surface area contributed by atoms with Crippen LogP contribution in [0.3, 0.4) is 0 Å². The number of aliphatic hydroxyl groups is 1. The molecule has 5 atom stereocenters. The normalized spacial score (nSPS) is 17.6. The van der Waals surface area contributed by atoms with Crippen LogP contribution in [0.1, 0.15) is 83.9 Å². The number of rotatable bonds is 18. The molecular formula is C33H54N6O7. The van der Waals surface area contributed by atoms with Crippen LogP contribution in [0.4, 0.5) is 0 Å². The molecule has 13 heteroatoms. The van der Waals surface area contributed by atoms with E-state index < -0.39 is 35.7 Å². The van der Waals surface area contributed by atoms with Gasteiger partial charge in [0.15, 0.2) is 6.61 Å². The van der Waals surface area contributed by atoms with Crippen molar-refractivity contribution in [1.29, 1.82) is 0 Å². The molecule has 2 amide bonds. The van der Waals surface area contributed by atoms with Gasteiger partial charge in [-0.3, -0.25) is 14.7 Å². The number of aromatic nitrogens is 2. The second-order valence-corrected chi connectivity index (χ2v) is 13.5. The SMILES string of the molecule is COCCCc1[nH]nc2ccc(C(C)[C@@H](C[C@H](N)[C@@H](O)C[C@H](C(=O)NC3CCN(C(=O)CO[N+](=O)[O-])CC3)C(C)C)C(C)C)cc12. The number of benzene rings is 1. The van der Waals surface area contributed by atoms with Crippen LogP contribution in [0, 0.1) is 33.8 Å². The van der Waals surface area contributed by atoms with E-state index in [1.165, 1.54) is 10.5 Å². The molecule has 1 aromatic carbocycles. The van der Waals surface area contributed by atoms with Gasteiger partial charge in [0, 0.05) is 55.9 Å². The second kappa shape index (κ2) is 17.6. The van der Waals surface area contributed by atoms with Crippen LogP contribution in [-0.4, -0.2) is 88.7 Å². The van der Waals surface area contributed by atoms with E-state index in [0.717, 1.165) is 29.4 Å². The fourth-order valence-electron chi connectivity index (χ4n) is 6.62. The smallest absolute Gasteiger partial charge is 0.295 e. The van der Waals surface area contributed by atoms with Crippen LogP contribution in [-0.2, 0) is 25.6 Å². The first kappa shape index (κ1) is 37.2. The lowest BCUT2D eigenvalue weighted by atomic mass is 9.75. The van der Waals surface area contributed by atoms with E-state index in [9.17, 15) is 24.8 Å². The summed E-state index contributed by atoms with van der Waals surface area (Å²) in [6, 6.07) is 5.79. The first-order chi connectivity index (χ1) is 21.8. The fraction of sp³-hybridized carbons (Fsp3) is 0.727. The van der Waals surface area contributed by atoms with Crippen LogP contribution >= 0.6 is 0 Å². The molecular weight excluding hydrogens is 592 g/mol. The number of nitrogens with one attached hydrogen (secondary N) is 2. The van der Waals surface area contributed by atoms with Crippen LogP contribution in [0.2, 0.25) is 0 Å². The van der Waals surface area contributed by atoms with Crippen LogP contribution in [0.15, 0.2) is 18.2 Å². The molecule has 2 aromatic rings. The molecule has 46 heavy (non-hydrogen) atoms. The summed E-state index contributed by atoms with van der Waals surface area (Å²) >= 11 is 0. The minimum Gasteiger partial charge on any atom is -0.391 e. The predicted octanol–water partition coefficient (Wildman–Crippen LogP) is 3.57. The summed E-state index contributed by atoms with van der Waals surface area (Å²) in [6.45, 7) is 11.4. The molecule has 0 radical (unpaired) electrons. The summed E-state index contributed by atoms with van der Waals surface area (Å²) in [4.78, 5) is 41.6. The molecule has 0 bridgehead atoms. The summed E-state index contributed by atoms with van der Waals surface area (Å²) in [7, 11) is 1.71. The lowest BCUT2D eigenvalue weighted by molar-refractivity contribution is -0.754. The van der Waals surface area contributed by atoms with Crippen molar-refractivity contribution >= 4 is 22.7 Å². The Morgan fingerprint density at radius 2 is 1.87 bits per heavy atom. The van der Waals surface area contributed by atoms with Crippen molar-refractivity contribution in [3.05, 3.63) is 39.6 Å². The van der Waals surface area contributed by atoms with Gasteiger partial charge < -0.3 is 30.6 Å². The number of likely N-dealkylation sites (tertiary alicyclic amines) is 1. The highest BCUT2D eigenvalue weighted by atomic mass is 16.9. The van der Waals surface area contributed by atoms with Gasteiger partial charge in [-0.15, -0.1) is 10.1 Å². The lowest BCUT2D eigenvalue weighted by Crippen LogP contribution is -2.50. The highest BCUT2D eigenvalue weighted by molar-refractivity contribution is 5.82. The van der Waals surface area contributed by atoms with Gasteiger partial charge in [0.05, 0.1) is 11.6 Å². The zero-order valence-corrected chi connectivity index (χ0v) is 28.2. The number of amides is 2. The second-order valence-electron chi connectivity index (χ2n) is 13.5. The van der Waals surface area contributed by atoms with E-state index in [-0.39, 0.29) is 36.1 Å². The zero-order valence-electron chi connectivity index (χ0n) is 28.2. The van der Waals surface area contributed by atoms with Crippen molar-refractivity contribution in [1.82, 2.24) is 20.4 Å². The summed E-state index contributed by atoms with van der Waals surface area (Å²) < 4.78 is 5.22. The number of nitrogens with two attached hydrogens (primary N) is 1. The molecule has 1 unspecified atom stereocenters. The number of fused-ring (bicyclic) bond motifs is 1. The van der Waals surface area contributed by atoms with Crippen LogP contribution in [0.5, 0.6) is 0 Å². The number of aliphatic hydroxyl groups excluding tert-OH is 1. The maximum atomic E-state index is 13.4. The quantitative estimate of drug-likeness (QED) is 0.107. The van der Waals surface area contributed by atoms with E-state index in [0.29, 0.717) is 44.9 Å². The number of aryl methyl sites for hydroxylation is 1. The third-order valence-corrected chi connectivity index (χ3v) is 9.62. The third kappa shape index (κ3) is 10.4. The molecule has 258 valence electrons. The van der Waals surface area contributed by atoms with Gasteiger partial charge in [-0.05, 0) is 79.9 Å². The maximum absolute atomic E-state index is 13.4. The first-order valence-electron chi connectivity index (χ1n) is 16.6. The van der Waals surface area contributed by atoms with Gasteiger partial charge in [0.2, 0.25) is 11.8 Å². The average molecular weight is 647 g/mol. The Labute approximate surface area is 272 Å². The number of hydrogen-bond donors (Lipinski definition) is 4. The molecule has 1 saturated heterocycles. The molecule has 1 aliphatic heterocycles. The maximum Gasteiger partial charge on any atom is 0.295 e. The molecule has 0 aliphatic carbocycles. The highest BCUT2D eigenvalue weighted by Gasteiger charge is 2.33. The van der Waals surface area contributed by atoms with E-state index in [1.54, 1.807) is 7.11 Å². The Balaban J connectivity index is 1.59. The third-order valence-electron chi connectivity index (χ3n) is 9.62. The van der Waals surface area contributed by atoms with Gasteiger partial charge in [0.1, 0.15) is 0 Å². The highest BCUT2D eigenvalue weighted by Crippen LogP contribution is 2.36. The first-order valence-corrected chi connectivity index (χ1v) is 16.6. The molecule has 3 rings (SSSR count). The largest absolute Gasteiger partial charge is 0.391 e. The number of H-pyrrole nitrogens is 1. The number of piperidine rings is 1. The number of carbonyl (C=O) groups excluding carboxylic acids is 2. The van der Waals surface area contributed by atoms with Crippen molar-refractivity contribution in [3.8, 4) is 0 Å². The Kier molecular flexibility index (Phi) is 14.2. The number of nitrogens with zero attached hydrogens (tertiary/aromatic N) is 3. The van der Waals surface area contributed by atoms with E-state index in [4.69, 9.17) is 10.5 Å². The van der Waals surface area contributed by atoms with Crippen molar-refractivity contribution in [2.24, 2.45) is 29.4 Å². The van der Waals surface area contributed by atoms with Gasteiger partial charge in [-0.25, -0.2) is 0 Å². The molecule has 0 spiro atoms. The average Bonchev–Trinajstić information content (AvgIpc) is 3.42. The van der Waals surface area contributed by atoms with Crippen LogP contribution < -0.4 is 11.1 Å². The number of ether oxygens (including phenoxy) is 1. The van der Waals surface area contributed by atoms with Gasteiger partial charge in [-0.1, -0.05) is 40.7 Å². The minimum atomic E-state index is -0.982. The molecule has 1 fully saturated rings. The number of methoxy groups -OCH3 is 1. The predicted molar refractivity (Wildman–Crippen MR) is 175 cm³/mol. The van der Waals surface area contributed by atoms with Gasteiger partial charge in [-0.2, -0.15) is 5.10 Å². The standard InChI is InChI=1S/C33H54N6O7/c1-20(2)25(22(5)23-9-10-30-27(16-23)29(36-37-30)8-7-15-45-6)17-28(34)31(40)18-26(21(3)4)33(42)35-24-11-13-38(14-12-24)32(41)19-46-39(43)44/h9-10,16,20-22,24-26,28,31,40H,7-8,11-15,17-19,34H2,1-6H3,(H,35,42)(H,36,37)/t22?,25-,26-,28-,31-/m0/s1. The Morgan fingerprint density at radius 1 is 1.17 bits per heavy atom. The summed E-state index contributed by atoms with van der Waals surface area (Å²) in [5, 5.41) is 32.6. The molecule has 1 aromatic heterocycles. The summed E-state index contributed by atoms with van der Waals surface area (Å²) in [6.07, 6.45) is 2.86. The molecule has 13 nitrogen and oxygen atoms in total. The zero-order chi connectivity index (χ0) is 34.0. The molecule has 2 heterocycles. The Morgan fingerprint density at radius 3 is 2.48 bits per heavy atom. The van der Waals surface area contributed by atoms with Crippen LogP contribution in [0.25, 0.3) is 10.9 Å². The monoisotopic (exact) mass is 646 g/mol. The summed E-state index contributed by atoms with van der Waals surface area (Å²) in [5.41, 5.74) is 9.91. The minimum absolute atomic E-state index is 0.0117. The number of carbonyl (C=O) groups is 2. The van der Waals surface area contributed by atoms with Crippen molar-refractivity contribution in [3.63, 3.8) is 0 Å². The topological polar surface area (TPSA) is 186 Å². The number of aromatic amines is 1. The van der Waals surface area contributed by atoms with E-state index in [2.05, 4.69) is 59.3 Å². The van der Waals surface area contributed by atoms with E-state index in [1.807, 2.05) is 13.8 Å². The van der Waals surface area contributed by atoms with E-state index >= 15 is 0 Å². The van der Waals surface area contributed by atoms with Crippen molar-refractivity contribution in [2.75, 3.05) is 33.4 Å². The van der Waals surface area contributed by atoms with Crippen molar-refractivity contribution < 1.29 is 29.4 Å². The molecule has 0 saturated carbocycles. The Bertz CT molecular complexity index is 1280. The fourth-order valence-corrected chi connectivity index (χ4v) is 6.62. The van der Waals surface area contributed by atoms with Crippen molar-refractivity contribution in [2.45, 2.75) is 97.2 Å². The lowest BCUT2D eigenvalue weighted by Gasteiger charge is -2.35. The summed E-state index contributed by atoms with van der Waals surface area (Å²) in [5.74, 6) is -0.295. The molecule has 1 aliphatic rings.